The maximum atomic E-state index is 15.9. The zero-order valence-electron chi connectivity index (χ0n) is 35.9. The van der Waals surface area contributed by atoms with Crippen LogP contribution in [0.15, 0.2) is 91.1 Å². The average Bonchev–Trinajstić information content (AvgIpc) is 3.17. The molecule has 2 aliphatic heterocycles. The monoisotopic (exact) mass is 833 g/mol. The number of imide groups is 1. The van der Waals surface area contributed by atoms with E-state index in [2.05, 4.69) is 15.6 Å². The lowest BCUT2D eigenvalue weighted by molar-refractivity contribution is -0.131. The molecule has 0 unspecified atom stereocenters. The van der Waals surface area contributed by atoms with Crippen molar-refractivity contribution in [2.45, 2.75) is 91.7 Å². The summed E-state index contributed by atoms with van der Waals surface area (Å²) in [6.07, 6.45) is -1.19. The lowest BCUT2D eigenvalue weighted by Crippen LogP contribution is -2.44. The molecule has 320 valence electrons. The molecule has 0 aliphatic carbocycles. The minimum Gasteiger partial charge on any atom is -0.485 e. The molecule has 61 heavy (non-hydrogen) atoms. The molecule has 2 aliphatic rings. The minimum absolute atomic E-state index is 0.00770. The molecule has 7 rings (SSSR count). The number of nitrogens with zero attached hydrogens (tertiary/aromatic N) is 3. The van der Waals surface area contributed by atoms with Crippen LogP contribution in [0.1, 0.15) is 88.2 Å². The lowest BCUT2D eigenvalue weighted by Gasteiger charge is -2.29. The number of pyridine rings is 1. The normalized spacial score (nSPS) is 16.1. The molecule has 0 spiro atoms. The summed E-state index contributed by atoms with van der Waals surface area (Å²) in [6, 6.07) is 23.7. The second-order valence-corrected chi connectivity index (χ2v) is 17.1. The van der Waals surface area contributed by atoms with Gasteiger partial charge in [0.05, 0.1) is 6.61 Å². The van der Waals surface area contributed by atoms with E-state index in [1.807, 2.05) is 62.4 Å². The van der Waals surface area contributed by atoms with E-state index in [-0.39, 0.29) is 48.8 Å². The number of anilines is 3. The predicted molar refractivity (Wildman–Crippen MR) is 231 cm³/mol. The first-order valence-corrected chi connectivity index (χ1v) is 20.0. The Morgan fingerprint density at radius 2 is 1.62 bits per heavy atom. The van der Waals surface area contributed by atoms with Gasteiger partial charge in [0.2, 0.25) is 5.91 Å². The Kier molecular flexibility index (Phi) is 12.9. The van der Waals surface area contributed by atoms with Crippen molar-refractivity contribution in [1.82, 2.24) is 9.88 Å². The Bertz CT molecular complexity index is 2420. The van der Waals surface area contributed by atoms with E-state index in [0.717, 1.165) is 27.7 Å². The smallest absolute Gasteiger partial charge is 0.425 e. The summed E-state index contributed by atoms with van der Waals surface area (Å²) in [5, 5.41) is 7.08. The summed E-state index contributed by atoms with van der Waals surface area (Å²) >= 11 is 0. The molecule has 0 fully saturated rings. The number of amides is 4. The van der Waals surface area contributed by atoms with Gasteiger partial charge < -0.3 is 29.2 Å². The number of carbonyl (C=O) groups excluding carboxylic acids is 4. The van der Waals surface area contributed by atoms with E-state index in [9.17, 15) is 19.2 Å². The molecule has 14 heteroatoms. The maximum absolute atomic E-state index is 15.9. The van der Waals surface area contributed by atoms with Crippen LogP contribution < -0.4 is 20.3 Å². The standard InChI is InChI=1S/C47H52FN5O8/c1-28-21-32-15-17-36(28)29(2)26-59-43(55)51-35-23-33(40(38(48)24-35)58-27-30-13-11-10-12-14-30)25-52(9)42(54)39(32)50-34-16-18-37-31(22-34)19-20-49-41(37)53(44(56)60-46(3,4)5)45(57)61-47(6,7)8/h10-24,29,39,50H,25-27H2,1-9H3,(H,51,55)/t29-,39+/m0/s1. The van der Waals surface area contributed by atoms with Crippen molar-refractivity contribution in [1.29, 1.82) is 0 Å². The summed E-state index contributed by atoms with van der Waals surface area (Å²) < 4.78 is 38.7. The van der Waals surface area contributed by atoms with Crippen LogP contribution >= 0.6 is 0 Å². The van der Waals surface area contributed by atoms with Crippen molar-refractivity contribution in [2.24, 2.45) is 0 Å². The highest BCUT2D eigenvalue weighted by atomic mass is 19.1. The van der Waals surface area contributed by atoms with Crippen molar-refractivity contribution < 1.29 is 42.5 Å². The third-order valence-corrected chi connectivity index (χ3v) is 9.66. The van der Waals surface area contributed by atoms with Crippen LogP contribution in [0.25, 0.3) is 10.8 Å². The lowest BCUT2D eigenvalue weighted by atomic mass is 9.93. The van der Waals surface area contributed by atoms with Gasteiger partial charge in [0.1, 0.15) is 23.9 Å². The summed E-state index contributed by atoms with van der Waals surface area (Å²) in [7, 11) is 1.61. The Hall–Kier alpha value is -6.70. The molecule has 2 atom stereocenters. The minimum atomic E-state index is -0.954. The zero-order chi connectivity index (χ0) is 44.2. The third-order valence-electron chi connectivity index (χ3n) is 9.66. The number of fused-ring (bicyclic) bond motifs is 10. The summed E-state index contributed by atoms with van der Waals surface area (Å²) in [5.74, 6) is -1.33. The maximum Gasteiger partial charge on any atom is 0.425 e. The largest absolute Gasteiger partial charge is 0.485 e. The molecule has 0 saturated heterocycles. The highest BCUT2D eigenvalue weighted by Gasteiger charge is 2.35. The van der Waals surface area contributed by atoms with Crippen molar-refractivity contribution in [3.05, 3.63) is 125 Å². The summed E-state index contributed by atoms with van der Waals surface area (Å²) in [5.41, 5.74) is 2.42. The third kappa shape index (κ3) is 10.9. The predicted octanol–water partition coefficient (Wildman–Crippen LogP) is 10.4. The number of nitrogens with one attached hydrogen (secondary N) is 2. The number of benzene rings is 4. The summed E-state index contributed by atoms with van der Waals surface area (Å²) in [6.45, 7) is 14.0. The van der Waals surface area contributed by atoms with E-state index >= 15 is 4.39 Å². The van der Waals surface area contributed by atoms with Gasteiger partial charge in [-0.2, -0.15) is 4.90 Å². The fourth-order valence-corrected chi connectivity index (χ4v) is 6.91. The molecular weight excluding hydrogens is 782 g/mol. The number of hydrogen-bond donors (Lipinski definition) is 2. The molecule has 4 amide bonds. The van der Waals surface area contributed by atoms with Gasteiger partial charge in [0, 0.05) is 54.1 Å². The van der Waals surface area contributed by atoms with Gasteiger partial charge in [-0.25, -0.2) is 23.8 Å². The first-order valence-electron chi connectivity index (χ1n) is 20.0. The highest BCUT2D eigenvalue weighted by Crippen LogP contribution is 2.34. The van der Waals surface area contributed by atoms with E-state index in [0.29, 0.717) is 27.6 Å². The van der Waals surface area contributed by atoms with Crippen LogP contribution in [0.3, 0.4) is 0 Å². The topological polar surface area (TPSA) is 149 Å². The van der Waals surface area contributed by atoms with E-state index in [1.54, 1.807) is 78.9 Å². The number of rotatable bonds is 6. The van der Waals surface area contributed by atoms with Crippen molar-refractivity contribution in [3.8, 4) is 5.75 Å². The molecule has 5 aromatic rings. The zero-order valence-corrected chi connectivity index (χ0v) is 35.9. The molecule has 0 saturated carbocycles. The van der Waals surface area contributed by atoms with E-state index < -0.39 is 41.3 Å². The number of hydrogen-bond acceptors (Lipinski definition) is 10. The molecule has 4 bridgehead atoms. The number of carbonyl (C=O) groups is 4. The van der Waals surface area contributed by atoms with Gasteiger partial charge in [-0.1, -0.05) is 55.5 Å². The van der Waals surface area contributed by atoms with Crippen LogP contribution in [0.5, 0.6) is 5.75 Å². The first-order chi connectivity index (χ1) is 28.8. The number of likely N-dealkylation sites (N-methyl/N-ethyl adjacent to an activating group) is 1. The fourth-order valence-electron chi connectivity index (χ4n) is 6.91. The second kappa shape index (κ2) is 17.9. The van der Waals surface area contributed by atoms with Gasteiger partial charge in [-0.3, -0.25) is 10.1 Å². The van der Waals surface area contributed by atoms with Crippen molar-refractivity contribution in [3.63, 3.8) is 0 Å². The molecule has 3 heterocycles. The number of aromatic nitrogens is 1. The van der Waals surface area contributed by atoms with Crippen LogP contribution in [0.4, 0.5) is 36.0 Å². The average molecular weight is 834 g/mol. The fraction of sp³-hybridized carbons (Fsp3) is 0.340. The molecule has 2 N–H and O–H groups in total. The second-order valence-electron chi connectivity index (χ2n) is 17.1. The molecular formula is C47H52FN5O8. The quantitative estimate of drug-likeness (QED) is 0.158. The first kappa shape index (κ1) is 43.9. The van der Waals surface area contributed by atoms with E-state index in [1.165, 1.54) is 11.1 Å². The molecule has 1 aromatic heterocycles. The Morgan fingerprint density at radius 1 is 0.934 bits per heavy atom. The molecule has 13 nitrogen and oxygen atoms in total. The SMILES string of the molecule is Cc1cc2ccc1[C@@H](C)COC(=O)Nc1cc(F)c(OCc3ccccc3)c(c1)CN(C)C(=O)[C@@H]2Nc1ccc2c(N(C(=O)OC(C)(C)C)C(=O)OC(C)(C)C)nccc2c1. The van der Waals surface area contributed by atoms with Gasteiger partial charge in [-0.05, 0) is 106 Å². The van der Waals surface area contributed by atoms with Crippen LogP contribution in [-0.4, -0.2) is 58.9 Å². The van der Waals surface area contributed by atoms with Crippen molar-refractivity contribution >= 4 is 52.2 Å². The number of ether oxygens (including phenoxy) is 4. The Labute approximate surface area is 355 Å². The number of aryl methyl sites for hydroxylation is 1. The summed E-state index contributed by atoms with van der Waals surface area (Å²) in [4.78, 5) is 61.4. The van der Waals surface area contributed by atoms with Gasteiger partial charge in [-0.15, -0.1) is 0 Å². The van der Waals surface area contributed by atoms with E-state index in [4.69, 9.17) is 18.9 Å². The van der Waals surface area contributed by atoms with Crippen LogP contribution in [0.2, 0.25) is 0 Å². The van der Waals surface area contributed by atoms with Gasteiger partial charge in [0.25, 0.3) is 0 Å². The van der Waals surface area contributed by atoms with Gasteiger partial charge in [0.15, 0.2) is 17.4 Å². The highest BCUT2D eigenvalue weighted by molar-refractivity contribution is 6.14. The van der Waals surface area contributed by atoms with Crippen molar-refractivity contribution in [2.75, 3.05) is 29.2 Å². The van der Waals surface area contributed by atoms with Crippen LogP contribution in [-0.2, 0) is 32.2 Å². The van der Waals surface area contributed by atoms with Gasteiger partial charge >= 0.3 is 18.3 Å². The Balaban J connectivity index is 1.39. The molecule has 4 aromatic carbocycles. The Morgan fingerprint density at radius 3 is 2.28 bits per heavy atom. The van der Waals surface area contributed by atoms with Crippen LogP contribution in [0, 0.1) is 12.7 Å². The molecule has 0 radical (unpaired) electrons. The number of halogens is 1.